The number of benzene rings is 1. The van der Waals surface area contributed by atoms with Gasteiger partial charge in [0.05, 0.1) is 19.7 Å². The summed E-state index contributed by atoms with van der Waals surface area (Å²) < 4.78 is 5.26. The van der Waals surface area contributed by atoms with Crippen LogP contribution in [-0.4, -0.2) is 60.5 Å². The highest BCUT2D eigenvalue weighted by molar-refractivity contribution is 5.96. The number of carbonyl (C=O) groups is 2. The molecule has 1 aliphatic heterocycles. The van der Waals surface area contributed by atoms with Gasteiger partial charge in [-0.05, 0) is 62.3 Å². The fourth-order valence-electron chi connectivity index (χ4n) is 4.79. The predicted octanol–water partition coefficient (Wildman–Crippen LogP) is 2.66. The zero-order valence-corrected chi connectivity index (χ0v) is 18.8. The van der Waals surface area contributed by atoms with Gasteiger partial charge >= 0.3 is 0 Å². The van der Waals surface area contributed by atoms with E-state index in [9.17, 15) is 9.59 Å². The molecule has 2 aliphatic rings. The topological polar surface area (TPSA) is 83.6 Å². The molecule has 1 aromatic heterocycles. The van der Waals surface area contributed by atoms with Gasteiger partial charge in [-0.2, -0.15) is 0 Å². The summed E-state index contributed by atoms with van der Waals surface area (Å²) in [6, 6.07) is 12.3. The van der Waals surface area contributed by atoms with Crippen molar-refractivity contribution in [1.29, 1.82) is 0 Å². The van der Waals surface area contributed by atoms with Crippen molar-refractivity contribution >= 4 is 11.8 Å². The van der Waals surface area contributed by atoms with Gasteiger partial charge in [0.2, 0.25) is 11.8 Å². The molecule has 4 rings (SSSR count). The lowest BCUT2D eigenvalue weighted by atomic mass is 9.80. The van der Waals surface area contributed by atoms with Crippen molar-refractivity contribution in [2.75, 3.05) is 26.7 Å². The minimum Gasteiger partial charge on any atom is -0.481 e. The number of hydrogen-bond donors (Lipinski definition) is 2. The summed E-state index contributed by atoms with van der Waals surface area (Å²) in [4.78, 5) is 31.1. The number of hydrogen-bond acceptors (Lipinski definition) is 5. The lowest BCUT2D eigenvalue weighted by Crippen LogP contribution is -2.63. The summed E-state index contributed by atoms with van der Waals surface area (Å²) >= 11 is 0. The third-order valence-electron chi connectivity index (χ3n) is 6.62. The van der Waals surface area contributed by atoms with Crippen molar-refractivity contribution in [1.82, 2.24) is 20.5 Å². The number of pyridine rings is 1. The first kappa shape index (κ1) is 22.3. The molecule has 2 N–H and O–H groups in total. The van der Waals surface area contributed by atoms with Crippen molar-refractivity contribution < 1.29 is 14.3 Å². The van der Waals surface area contributed by atoms with Crippen LogP contribution in [0.1, 0.15) is 53.1 Å². The highest BCUT2D eigenvalue weighted by Gasteiger charge is 2.35. The van der Waals surface area contributed by atoms with Gasteiger partial charge in [0.25, 0.3) is 5.91 Å². The summed E-state index contributed by atoms with van der Waals surface area (Å²) in [5, 5.41) is 5.74. The number of methoxy groups -OCH3 is 1. The maximum Gasteiger partial charge on any atom is 0.251 e. The molecule has 1 aromatic carbocycles. The van der Waals surface area contributed by atoms with Crippen LogP contribution in [0.25, 0.3) is 0 Å². The molecule has 2 fully saturated rings. The summed E-state index contributed by atoms with van der Waals surface area (Å²) in [6.07, 6.45) is 6.49. The van der Waals surface area contributed by atoms with E-state index in [2.05, 4.69) is 32.7 Å². The number of rotatable bonds is 7. The summed E-state index contributed by atoms with van der Waals surface area (Å²) in [5.41, 5.74) is 2.91. The Labute approximate surface area is 189 Å². The molecule has 1 saturated carbocycles. The maximum absolute atomic E-state index is 12.2. The molecule has 0 bridgehead atoms. The van der Waals surface area contributed by atoms with E-state index in [4.69, 9.17) is 4.74 Å². The number of nitrogens with zero attached hydrogens (tertiary/aromatic N) is 2. The molecule has 2 amide bonds. The van der Waals surface area contributed by atoms with Crippen LogP contribution in [0.15, 0.2) is 42.6 Å². The second-order valence-corrected chi connectivity index (χ2v) is 8.91. The van der Waals surface area contributed by atoms with Gasteiger partial charge in [0, 0.05) is 37.0 Å². The molecule has 0 atom stereocenters. The molecule has 0 spiro atoms. The molecule has 0 radical (unpaired) electrons. The number of aromatic nitrogens is 1. The van der Waals surface area contributed by atoms with E-state index in [0.717, 1.165) is 31.5 Å². The number of amides is 2. The predicted molar refractivity (Wildman–Crippen MR) is 123 cm³/mol. The Balaban J connectivity index is 1.15. The monoisotopic (exact) mass is 436 g/mol. The smallest absolute Gasteiger partial charge is 0.251 e. The average molecular weight is 437 g/mol. The van der Waals surface area contributed by atoms with Gasteiger partial charge in [-0.3, -0.25) is 14.5 Å². The molecule has 7 heteroatoms. The SMILES string of the molecule is COc1cc(C2CCC(N3CC(NC(=O)CNC(=O)c4cccc(C)c4)C3)CC2)ccn1. The summed E-state index contributed by atoms with van der Waals surface area (Å²) in [7, 11) is 1.65. The summed E-state index contributed by atoms with van der Waals surface area (Å²) in [5.74, 6) is 0.895. The Morgan fingerprint density at radius 1 is 1.12 bits per heavy atom. The number of likely N-dealkylation sites (tertiary alicyclic amines) is 1. The Bertz CT molecular complexity index is 950. The Morgan fingerprint density at radius 3 is 2.62 bits per heavy atom. The molecular formula is C25H32N4O3. The van der Waals surface area contributed by atoms with Crippen LogP contribution in [-0.2, 0) is 4.79 Å². The van der Waals surface area contributed by atoms with Crippen LogP contribution >= 0.6 is 0 Å². The van der Waals surface area contributed by atoms with Crippen molar-refractivity contribution in [2.45, 2.75) is 50.6 Å². The minimum atomic E-state index is -0.220. The van der Waals surface area contributed by atoms with E-state index in [1.54, 1.807) is 13.2 Å². The fraction of sp³-hybridized carbons (Fsp3) is 0.480. The van der Waals surface area contributed by atoms with Gasteiger partial charge in [0.1, 0.15) is 0 Å². The molecule has 1 saturated heterocycles. The normalized spacial score (nSPS) is 21.4. The average Bonchev–Trinajstić information content (AvgIpc) is 2.79. The van der Waals surface area contributed by atoms with E-state index in [1.807, 2.05) is 31.3 Å². The van der Waals surface area contributed by atoms with E-state index < -0.39 is 0 Å². The Morgan fingerprint density at radius 2 is 1.91 bits per heavy atom. The lowest BCUT2D eigenvalue weighted by Gasteiger charge is -2.46. The van der Waals surface area contributed by atoms with E-state index in [0.29, 0.717) is 23.4 Å². The van der Waals surface area contributed by atoms with Crippen molar-refractivity contribution in [3.63, 3.8) is 0 Å². The molecule has 170 valence electrons. The van der Waals surface area contributed by atoms with Gasteiger partial charge in [0.15, 0.2) is 0 Å². The first-order valence-electron chi connectivity index (χ1n) is 11.4. The lowest BCUT2D eigenvalue weighted by molar-refractivity contribution is -0.122. The molecule has 7 nitrogen and oxygen atoms in total. The third kappa shape index (κ3) is 5.46. The van der Waals surface area contributed by atoms with E-state index >= 15 is 0 Å². The molecule has 0 unspecified atom stereocenters. The first-order valence-corrected chi connectivity index (χ1v) is 11.4. The number of carbonyl (C=O) groups excluding carboxylic acids is 2. The van der Waals surface area contributed by atoms with Crippen LogP contribution in [0.4, 0.5) is 0 Å². The zero-order chi connectivity index (χ0) is 22.5. The van der Waals surface area contributed by atoms with Crippen molar-refractivity contribution in [3.05, 3.63) is 59.3 Å². The first-order chi connectivity index (χ1) is 15.5. The second-order valence-electron chi connectivity index (χ2n) is 8.91. The molecule has 2 heterocycles. The van der Waals surface area contributed by atoms with Gasteiger partial charge in [-0.1, -0.05) is 17.7 Å². The zero-order valence-electron chi connectivity index (χ0n) is 18.8. The number of ether oxygens (including phenoxy) is 1. The molecular weight excluding hydrogens is 404 g/mol. The molecule has 32 heavy (non-hydrogen) atoms. The quantitative estimate of drug-likeness (QED) is 0.697. The minimum absolute atomic E-state index is 0.00375. The molecule has 2 aromatic rings. The van der Waals surface area contributed by atoms with Crippen LogP contribution in [0.5, 0.6) is 5.88 Å². The van der Waals surface area contributed by atoms with Gasteiger partial charge < -0.3 is 15.4 Å². The highest BCUT2D eigenvalue weighted by atomic mass is 16.5. The van der Waals surface area contributed by atoms with Crippen molar-refractivity contribution in [3.8, 4) is 5.88 Å². The summed E-state index contributed by atoms with van der Waals surface area (Å²) in [6.45, 7) is 3.71. The maximum atomic E-state index is 12.2. The van der Waals surface area contributed by atoms with Crippen LogP contribution < -0.4 is 15.4 Å². The standard InChI is InChI=1S/C25H32N4O3/c1-17-4-3-5-20(12-17)25(31)27-14-23(30)28-21-15-29(16-21)22-8-6-18(7-9-22)19-10-11-26-24(13-19)32-2/h3-5,10-13,18,21-22H,6-9,14-16H2,1-2H3,(H,27,31)(H,28,30). The Kier molecular flexibility index (Phi) is 7.05. The fourth-order valence-corrected chi connectivity index (χ4v) is 4.79. The molecule has 1 aliphatic carbocycles. The second kappa shape index (κ2) is 10.1. The van der Waals surface area contributed by atoms with Crippen LogP contribution in [0.2, 0.25) is 0 Å². The van der Waals surface area contributed by atoms with Crippen molar-refractivity contribution in [2.24, 2.45) is 0 Å². The van der Waals surface area contributed by atoms with Crippen LogP contribution in [0.3, 0.4) is 0 Å². The largest absolute Gasteiger partial charge is 0.481 e. The van der Waals surface area contributed by atoms with Crippen LogP contribution in [0, 0.1) is 6.92 Å². The van der Waals surface area contributed by atoms with Gasteiger partial charge in [-0.25, -0.2) is 4.98 Å². The van der Waals surface area contributed by atoms with E-state index in [-0.39, 0.29) is 24.4 Å². The number of aryl methyl sites for hydroxylation is 1. The Hall–Kier alpha value is -2.93. The van der Waals surface area contributed by atoms with E-state index in [1.165, 1.54) is 18.4 Å². The highest BCUT2D eigenvalue weighted by Crippen LogP contribution is 2.36. The third-order valence-corrected chi connectivity index (χ3v) is 6.62. The number of nitrogens with one attached hydrogen (secondary N) is 2. The van der Waals surface area contributed by atoms with Gasteiger partial charge in [-0.15, -0.1) is 0 Å².